The Kier molecular flexibility index (Phi) is 5.32. The van der Waals surface area contributed by atoms with E-state index in [0.29, 0.717) is 5.92 Å². The van der Waals surface area contributed by atoms with Crippen LogP contribution >= 0.6 is 0 Å². The molecule has 3 aromatic carbocycles. The lowest BCUT2D eigenvalue weighted by Crippen LogP contribution is -2.34. The van der Waals surface area contributed by atoms with Crippen molar-refractivity contribution in [3.63, 3.8) is 0 Å². The number of benzene rings is 3. The van der Waals surface area contributed by atoms with Gasteiger partial charge in [-0.2, -0.15) is 5.10 Å². The number of aromatic nitrogens is 3. The molecule has 3 heterocycles. The van der Waals surface area contributed by atoms with E-state index in [1.165, 1.54) is 12.1 Å². The lowest BCUT2D eigenvalue weighted by molar-refractivity contribution is 0.319. The summed E-state index contributed by atoms with van der Waals surface area (Å²) >= 11 is 0. The van der Waals surface area contributed by atoms with E-state index < -0.39 is 0 Å². The molecule has 1 fully saturated rings. The topological polar surface area (TPSA) is 68.8 Å². The summed E-state index contributed by atoms with van der Waals surface area (Å²) in [7, 11) is 0. The van der Waals surface area contributed by atoms with Crippen molar-refractivity contribution in [1.29, 1.82) is 0 Å². The van der Waals surface area contributed by atoms with Gasteiger partial charge in [0.05, 0.1) is 22.9 Å². The molecule has 0 aliphatic carbocycles. The molecule has 2 aromatic heterocycles. The summed E-state index contributed by atoms with van der Waals surface area (Å²) < 4.78 is 15.6. The second-order valence-corrected chi connectivity index (χ2v) is 8.99. The molecule has 1 aliphatic heterocycles. The molecular weight excluding hydrogens is 425 g/mol. The van der Waals surface area contributed by atoms with Gasteiger partial charge >= 0.3 is 0 Å². The van der Waals surface area contributed by atoms with Gasteiger partial charge < -0.3 is 11.1 Å². The number of nitrogens with two attached hydrogens (primary N) is 1. The third kappa shape index (κ3) is 3.56. The van der Waals surface area contributed by atoms with Crippen molar-refractivity contribution in [2.45, 2.75) is 18.9 Å². The standard InChI is InChI=1S/C28H26FN5/c29-20-6-8-21(9-7-20)34-28-22-12-15-32-17-25(22)23(18-4-2-1-3-5-18)16-24(28)27(33-34)26(30)19-10-13-31-14-11-19/h1-9,12,15-17,19,26,31H,10-11,13-14,30H2. The van der Waals surface area contributed by atoms with Crippen molar-refractivity contribution in [2.24, 2.45) is 11.7 Å². The Balaban J connectivity index is 1.67. The van der Waals surface area contributed by atoms with Crippen molar-refractivity contribution in [3.8, 4) is 16.8 Å². The van der Waals surface area contributed by atoms with Crippen molar-refractivity contribution < 1.29 is 4.39 Å². The zero-order valence-corrected chi connectivity index (χ0v) is 18.8. The second kappa shape index (κ2) is 8.63. The molecule has 170 valence electrons. The molecule has 1 atom stereocenters. The minimum atomic E-state index is -0.271. The normalized spacial score (nSPS) is 15.7. The van der Waals surface area contributed by atoms with Crippen molar-refractivity contribution in [3.05, 3.63) is 90.6 Å². The van der Waals surface area contributed by atoms with Gasteiger partial charge in [0.2, 0.25) is 0 Å². The quantitative estimate of drug-likeness (QED) is 0.385. The lowest BCUT2D eigenvalue weighted by atomic mass is 9.87. The average Bonchev–Trinajstić information content (AvgIpc) is 3.29. The molecule has 5 aromatic rings. The first-order valence-electron chi connectivity index (χ1n) is 11.8. The van der Waals surface area contributed by atoms with Crippen molar-refractivity contribution in [2.75, 3.05) is 13.1 Å². The van der Waals surface area contributed by atoms with Gasteiger partial charge in [-0.1, -0.05) is 30.3 Å². The van der Waals surface area contributed by atoms with Gasteiger partial charge in [0, 0.05) is 28.6 Å². The van der Waals surface area contributed by atoms with E-state index in [2.05, 4.69) is 28.5 Å². The minimum absolute atomic E-state index is 0.186. The number of hydrogen-bond donors (Lipinski definition) is 2. The molecule has 1 unspecified atom stereocenters. The molecule has 0 radical (unpaired) electrons. The Bertz CT molecular complexity index is 1450. The Morgan fingerprint density at radius 1 is 0.941 bits per heavy atom. The predicted molar refractivity (Wildman–Crippen MR) is 134 cm³/mol. The first-order chi connectivity index (χ1) is 16.7. The fourth-order valence-electron chi connectivity index (χ4n) is 5.18. The summed E-state index contributed by atoms with van der Waals surface area (Å²) in [6.45, 7) is 1.94. The van der Waals surface area contributed by atoms with Crippen LogP contribution in [0.25, 0.3) is 38.5 Å². The number of nitrogens with one attached hydrogen (secondary N) is 1. The molecule has 3 N–H and O–H groups in total. The molecular formula is C28H26FN5. The SMILES string of the molecule is NC(c1nn(-c2ccc(F)cc2)c2c1cc(-c1ccccc1)c1cnccc12)C1CCNCC1. The van der Waals surface area contributed by atoms with Crippen molar-refractivity contribution in [1.82, 2.24) is 20.1 Å². The van der Waals surface area contributed by atoms with E-state index in [0.717, 1.165) is 70.1 Å². The molecule has 6 rings (SSSR count). The van der Waals surface area contributed by atoms with E-state index in [9.17, 15) is 4.39 Å². The minimum Gasteiger partial charge on any atom is -0.322 e. The fraction of sp³-hybridized carbons (Fsp3) is 0.214. The second-order valence-electron chi connectivity index (χ2n) is 8.99. The van der Waals surface area contributed by atoms with Crippen LogP contribution < -0.4 is 11.1 Å². The fourth-order valence-corrected chi connectivity index (χ4v) is 5.18. The monoisotopic (exact) mass is 451 g/mol. The number of fused-ring (bicyclic) bond motifs is 3. The molecule has 1 saturated heterocycles. The van der Waals surface area contributed by atoms with Gasteiger partial charge in [0.25, 0.3) is 0 Å². The van der Waals surface area contributed by atoms with Crippen LogP contribution in [0.5, 0.6) is 0 Å². The number of pyridine rings is 1. The zero-order valence-electron chi connectivity index (χ0n) is 18.8. The molecule has 0 spiro atoms. The molecule has 1 aliphatic rings. The lowest BCUT2D eigenvalue weighted by Gasteiger charge is -2.27. The summed E-state index contributed by atoms with van der Waals surface area (Å²) in [6, 6.07) is 20.9. The van der Waals surface area contributed by atoms with E-state index >= 15 is 0 Å². The van der Waals surface area contributed by atoms with E-state index in [1.54, 1.807) is 12.1 Å². The summed E-state index contributed by atoms with van der Waals surface area (Å²) in [5.41, 5.74) is 11.8. The predicted octanol–water partition coefficient (Wildman–Crippen LogP) is 5.38. The number of halogens is 1. The maximum Gasteiger partial charge on any atom is 0.123 e. The largest absolute Gasteiger partial charge is 0.322 e. The van der Waals surface area contributed by atoms with Gasteiger partial charge in [-0.15, -0.1) is 0 Å². The number of rotatable bonds is 4. The Labute approximate surface area is 197 Å². The average molecular weight is 452 g/mol. The third-order valence-corrected chi connectivity index (χ3v) is 6.97. The smallest absolute Gasteiger partial charge is 0.123 e. The molecule has 0 saturated carbocycles. The zero-order chi connectivity index (χ0) is 23.1. The maximum absolute atomic E-state index is 13.7. The van der Waals surface area contributed by atoms with Crippen LogP contribution in [0.3, 0.4) is 0 Å². The Hall–Kier alpha value is -3.61. The Morgan fingerprint density at radius 2 is 1.71 bits per heavy atom. The van der Waals surface area contributed by atoms with Crippen LogP contribution in [-0.2, 0) is 0 Å². The highest BCUT2D eigenvalue weighted by atomic mass is 19.1. The van der Waals surface area contributed by atoms with E-state index in [-0.39, 0.29) is 11.9 Å². The molecule has 6 heteroatoms. The van der Waals surface area contributed by atoms with Crippen LogP contribution in [0.1, 0.15) is 24.6 Å². The van der Waals surface area contributed by atoms with Gasteiger partial charge in [-0.05, 0) is 79.4 Å². The number of piperidine rings is 1. The van der Waals surface area contributed by atoms with Gasteiger partial charge in [0.15, 0.2) is 0 Å². The molecule has 0 bridgehead atoms. The van der Waals surface area contributed by atoms with Crippen LogP contribution in [-0.4, -0.2) is 27.9 Å². The number of nitrogens with zero attached hydrogens (tertiary/aromatic N) is 3. The highest BCUT2D eigenvalue weighted by Crippen LogP contribution is 2.39. The summed E-state index contributed by atoms with van der Waals surface area (Å²) in [4.78, 5) is 4.42. The third-order valence-electron chi connectivity index (χ3n) is 6.97. The van der Waals surface area contributed by atoms with Crippen LogP contribution in [0.15, 0.2) is 79.1 Å². The molecule has 34 heavy (non-hydrogen) atoms. The molecule has 5 nitrogen and oxygen atoms in total. The van der Waals surface area contributed by atoms with Crippen LogP contribution in [0.2, 0.25) is 0 Å². The van der Waals surface area contributed by atoms with E-state index in [1.807, 2.05) is 41.3 Å². The Morgan fingerprint density at radius 3 is 2.47 bits per heavy atom. The van der Waals surface area contributed by atoms with Crippen LogP contribution in [0, 0.1) is 11.7 Å². The summed E-state index contributed by atoms with van der Waals surface area (Å²) in [6.07, 6.45) is 5.76. The van der Waals surface area contributed by atoms with Crippen molar-refractivity contribution >= 4 is 21.7 Å². The molecule has 0 amide bonds. The van der Waals surface area contributed by atoms with Gasteiger partial charge in [-0.3, -0.25) is 4.98 Å². The number of hydrogen-bond acceptors (Lipinski definition) is 4. The first kappa shape index (κ1) is 21.0. The van der Waals surface area contributed by atoms with Crippen LogP contribution in [0.4, 0.5) is 4.39 Å². The summed E-state index contributed by atoms with van der Waals surface area (Å²) in [5, 5.41) is 11.6. The maximum atomic E-state index is 13.7. The summed E-state index contributed by atoms with van der Waals surface area (Å²) in [5.74, 6) is 0.0848. The van der Waals surface area contributed by atoms with Gasteiger partial charge in [-0.25, -0.2) is 9.07 Å². The first-order valence-corrected chi connectivity index (χ1v) is 11.8. The highest BCUT2D eigenvalue weighted by molar-refractivity contribution is 6.13. The highest BCUT2D eigenvalue weighted by Gasteiger charge is 2.28. The van der Waals surface area contributed by atoms with Gasteiger partial charge in [0.1, 0.15) is 5.82 Å². The van der Waals surface area contributed by atoms with E-state index in [4.69, 9.17) is 10.8 Å².